The zero-order chi connectivity index (χ0) is 16.8. The number of nitrogens with zero attached hydrogens (tertiary/aromatic N) is 1. The summed E-state index contributed by atoms with van der Waals surface area (Å²) < 4.78 is 25.6. The van der Waals surface area contributed by atoms with Crippen LogP contribution < -0.4 is 15.0 Å². The molecule has 0 atom stereocenters. The fourth-order valence-electron chi connectivity index (χ4n) is 2.23. The molecule has 0 radical (unpaired) electrons. The van der Waals surface area contributed by atoms with Gasteiger partial charge >= 0.3 is 0 Å². The minimum absolute atomic E-state index is 0.290. The molecule has 0 spiro atoms. The zero-order valence-electron chi connectivity index (χ0n) is 12.9. The highest BCUT2D eigenvalue weighted by Crippen LogP contribution is 2.12. The van der Waals surface area contributed by atoms with Crippen molar-refractivity contribution in [3.8, 4) is 17.2 Å². The van der Waals surface area contributed by atoms with E-state index in [1.54, 1.807) is 24.4 Å². The van der Waals surface area contributed by atoms with Crippen LogP contribution >= 0.6 is 0 Å². The van der Waals surface area contributed by atoms with E-state index in [2.05, 4.69) is 0 Å². The first-order valence-corrected chi connectivity index (χ1v) is 7.52. The van der Waals surface area contributed by atoms with Crippen LogP contribution in [0.5, 0.6) is 11.5 Å². The quantitative estimate of drug-likeness (QED) is 0.652. The topological polar surface area (TPSA) is 40.5 Å². The van der Waals surface area contributed by atoms with Crippen LogP contribution in [-0.4, -0.2) is 17.8 Å². The van der Waals surface area contributed by atoms with Crippen molar-refractivity contribution >= 4 is 0 Å². The number of para-hydroxylation sites is 1. The molecule has 3 aromatic rings. The van der Waals surface area contributed by atoms with Gasteiger partial charge in [-0.05, 0) is 36.4 Å². The Morgan fingerprint density at radius 1 is 0.833 bits per heavy atom. The van der Waals surface area contributed by atoms with E-state index in [0.29, 0.717) is 24.7 Å². The molecule has 3 rings (SSSR count). The van der Waals surface area contributed by atoms with Gasteiger partial charge in [-0.15, -0.1) is 0 Å². The minimum atomic E-state index is -0.391. The molecule has 0 fully saturated rings. The number of aromatic nitrogens is 1. The van der Waals surface area contributed by atoms with Crippen molar-refractivity contribution in [2.45, 2.75) is 0 Å². The first-order valence-electron chi connectivity index (χ1n) is 7.52. The summed E-state index contributed by atoms with van der Waals surface area (Å²) in [5, 5.41) is 0. The molecule has 4 nitrogen and oxygen atoms in total. The van der Waals surface area contributed by atoms with Crippen molar-refractivity contribution in [3.63, 3.8) is 0 Å². The van der Waals surface area contributed by atoms with Crippen LogP contribution in [0.25, 0.3) is 5.69 Å². The van der Waals surface area contributed by atoms with E-state index in [1.807, 2.05) is 30.3 Å². The SMILES string of the molecule is O=c1cc(OCCOc2ccccc2)ccn1-c1cccc(F)c1. The molecule has 0 saturated carbocycles. The van der Waals surface area contributed by atoms with Gasteiger partial charge in [0.15, 0.2) is 0 Å². The third-order valence-electron chi connectivity index (χ3n) is 3.34. The van der Waals surface area contributed by atoms with Crippen molar-refractivity contribution in [1.82, 2.24) is 4.57 Å². The van der Waals surface area contributed by atoms with Gasteiger partial charge in [0.1, 0.15) is 30.5 Å². The minimum Gasteiger partial charge on any atom is -0.490 e. The lowest BCUT2D eigenvalue weighted by Gasteiger charge is -2.10. The molecule has 5 heteroatoms. The number of halogens is 1. The number of pyridine rings is 1. The van der Waals surface area contributed by atoms with Crippen molar-refractivity contribution in [2.75, 3.05) is 13.2 Å². The molecule has 2 aromatic carbocycles. The monoisotopic (exact) mass is 325 g/mol. The van der Waals surface area contributed by atoms with Gasteiger partial charge in [0, 0.05) is 12.3 Å². The van der Waals surface area contributed by atoms with Gasteiger partial charge in [-0.1, -0.05) is 24.3 Å². The van der Waals surface area contributed by atoms with E-state index in [0.717, 1.165) is 5.75 Å². The molecule has 1 heterocycles. The second-order valence-electron chi connectivity index (χ2n) is 5.06. The number of ether oxygens (including phenoxy) is 2. The third-order valence-corrected chi connectivity index (χ3v) is 3.34. The second-order valence-corrected chi connectivity index (χ2v) is 5.06. The molecule has 0 amide bonds. The molecular weight excluding hydrogens is 309 g/mol. The summed E-state index contributed by atoms with van der Waals surface area (Å²) in [5.74, 6) is 0.824. The Labute approximate surface area is 138 Å². The lowest BCUT2D eigenvalue weighted by molar-refractivity contribution is 0.217. The van der Waals surface area contributed by atoms with Crippen molar-refractivity contribution in [3.05, 3.63) is 89.1 Å². The van der Waals surface area contributed by atoms with Gasteiger partial charge in [-0.2, -0.15) is 0 Å². The van der Waals surface area contributed by atoms with E-state index < -0.39 is 5.82 Å². The molecule has 0 unspecified atom stereocenters. The van der Waals surface area contributed by atoms with E-state index in [9.17, 15) is 9.18 Å². The Morgan fingerprint density at radius 2 is 1.58 bits per heavy atom. The van der Waals surface area contributed by atoms with Gasteiger partial charge < -0.3 is 9.47 Å². The predicted octanol–water partition coefficient (Wildman–Crippen LogP) is 3.43. The van der Waals surface area contributed by atoms with E-state index in [4.69, 9.17) is 9.47 Å². The van der Waals surface area contributed by atoms with Gasteiger partial charge in [0.05, 0.1) is 5.69 Å². The Balaban J connectivity index is 1.60. The van der Waals surface area contributed by atoms with Gasteiger partial charge in [0.25, 0.3) is 5.56 Å². The lowest BCUT2D eigenvalue weighted by Crippen LogP contribution is -2.17. The zero-order valence-corrected chi connectivity index (χ0v) is 12.9. The van der Waals surface area contributed by atoms with Crippen molar-refractivity contribution < 1.29 is 13.9 Å². The highest BCUT2D eigenvalue weighted by Gasteiger charge is 2.03. The molecule has 0 aliphatic carbocycles. The largest absolute Gasteiger partial charge is 0.490 e. The summed E-state index contributed by atoms with van der Waals surface area (Å²) in [5.41, 5.74) is 0.182. The van der Waals surface area contributed by atoms with E-state index >= 15 is 0 Å². The van der Waals surface area contributed by atoms with Gasteiger partial charge in [-0.3, -0.25) is 9.36 Å². The van der Waals surface area contributed by atoms with Crippen LogP contribution in [0.4, 0.5) is 4.39 Å². The highest BCUT2D eigenvalue weighted by molar-refractivity contribution is 5.34. The summed E-state index contributed by atoms with van der Waals surface area (Å²) >= 11 is 0. The van der Waals surface area contributed by atoms with Crippen molar-refractivity contribution in [1.29, 1.82) is 0 Å². The lowest BCUT2D eigenvalue weighted by atomic mass is 10.3. The Hall–Kier alpha value is -3.08. The van der Waals surface area contributed by atoms with Crippen LogP contribution in [0.15, 0.2) is 77.7 Å². The van der Waals surface area contributed by atoms with Crippen LogP contribution in [0.2, 0.25) is 0 Å². The first kappa shape index (κ1) is 15.8. The molecule has 0 bridgehead atoms. The number of rotatable bonds is 6. The number of benzene rings is 2. The average molecular weight is 325 g/mol. The molecular formula is C19H16FNO3. The normalized spacial score (nSPS) is 10.4. The van der Waals surface area contributed by atoms with Gasteiger partial charge in [-0.25, -0.2) is 4.39 Å². The molecule has 1 aromatic heterocycles. The number of hydrogen-bond acceptors (Lipinski definition) is 3. The summed E-state index contributed by atoms with van der Waals surface area (Å²) in [7, 11) is 0. The fourth-order valence-corrected chi connectivity index (χ4v) is 2.23. The predicted molar refractivity (Wildman–Crippen MR) is 89.4 cm³/mol. The second kappa shape index (κ2) is 7.46. The summed E-state index contributed by atoms with van der Waals surface area (Å²) in [6.45, 7) is 0.690. The fraction of sp³-hybridized carbons (Fsp3) is 0.105. The maximum atomic E-state index is 13.3. The molecule has 122 valence electrons. The van der Waals surface area contributed by atoms with Crippen LogP contribution in [0, 0.1) is 5.82 Å². The van der Waals surface area contributed by atoms with E-state index in [-0.39, 0.29) is 5.56 Å². The standard InChI is InChI=1S/C19H16FNO3/c20-15-5-4-6-16(13-15)21-10-9-18(14-19(21)22)24-12-11-23-17-7-2-1-3-8-17/h1-10,13-14H,11-12H2. The van der Waals surface area contributed by atoms with E-state index in [1.165, 1.54) is 22.8 Å². The number of hydrogen-bond donors (Lipinski definition) is 0. The first-order chi connectivity index (χ1) is 11.7. The van der Waals surface area contributed by atoms with Gasteiger partial charge in [0.2, 0.25) is 0 Å². The Kier molecular flexibility index (Phi) is 4.91. The Bertz CT molecular complexity index is 862. The maximum absolute atomic E-state index is 13.3. The summed E-state index contributed by atoms with van der Waals surface area (Å²) in [4.78, 5) is 12.1. The summed E-state index contributed by atoms with van der Waals surface area (Å²) in [6.07, 6.45) is 1.56. The average Bonchev–Trinajstić information content (AvgIpc) is 2.60. The smallest absolute Gasteiger partial charge is 0.258 e. The molecule has 0 aliphatic rings. The highest BCUT2D eigenvalue weighted by atomic mass is 19.1. The van der Waals surface area contributed by atoms with Crippen LogP contribution in [0.3, 0.4) is 0 Å². The molecule has 0 saturated heterocycles. The molecule has 0 aliphatic heterocycles. The van der Waals surface area contributed by atoms with Crippen LogP contribution in [0.1, 0.15) is 0 Å². The third kappa shape index (κ3) is 4.01. The summed E-state index contributed by atoms with van der Waals surface area (Å²) in [6, 6.07) is 18.3. The molecule has 24 heavy (non-hydrogen) atoms. The maximum Gasteiger partial charge on any atom is 0.258 e. The van der Waals surface area contributed by atoms with Crippen molar-refractivity contribution in [2.24, 2.45) is 0 Å². The Morgan fingerprint density at radius 3 is 2.29 bits per heavy atom. The molecule has 0 N–H and O–H groups in total. The van der Waals surface area contributed by atoms with Crippen LogP contribution in [-0.2, 0) is 0 Å².